The third-order valence-corrected chi connectivity index (χ3v) is 5.98. The molecule has 0 heterocycles. The lowest BCUT2D eigenvalue weighted by molar-refractivity contribution is 0.248. The van der Waals surface area contributed by atoms with Crippen LogP contribution in [0.2, 0.25) is 0 Å². The lowest BCUT2D eigenvalue weighted by Crippen LogP contribution is -2.22. The van der Waals surface area contributed by atoms with E-state index in [9.17, 15) is 0 Å². The first-order valence-electron chi connectivity index (χ1n) is 9.61. The van der Waals surface area contributed by atoms with E-state index in [1.54, 1.807) is 11.1 Å². The maximum atomic E-state index is 2.49. The van der Waals surface area contributed by atoms with Gasteiger partial charge in [-0.2, -0.15) is 0 Å². The number of benzene rings is 2. The number of hydrogen-bond acceptors (Lipinski definition) is 0. The van der Waals surface area contributed by atoms with E-state index in [0.29, 0.717) is 0 Å². The summed E-state index contributed by atoms with van der Waals surface area (Å²) < 4.78 is 0. The summed E-state index contributed by atoms with van der Waals surface area (Å²) in [5.41, 5.74) is 9.08. The van der Waals surface area contributed by atoms with Crippen molar-refractivity contribution in [2.24, 2.45) is 11.8 Å². The van der Waals surface area contributed by atoms with Gasteiger partial charge >= 0.3 is 0 Å². The summed E-state index contributed by atoms with van der Waals surface area (Å²) in [7, 11) is 0. The van der Waals surface area contributed by atoms with Crippen LogP contribution in [-0.2, 0) is 25.7 Å². The van der Waals surface area contributed by atoms with Crippen molar-refractivity contribution >= 4 is 6.08 Å². The van der Waals surface area contributed by atoms with Crippen LogP contribution in [0.3, 0.4) is 0 Å². The molecule has 2 aromatic rings. The van der Waals surface area contributed by atoms with Crippen molar-refractivity contribution in [2.45, 2.75) is 52.4 Å². The van der Waals surface area contributed by atoms with Crippen molar-refractivity contribution in [3.8, 4) is 0 Å². The van der Waals surface area contributed by atoms with Crippen LogP contribution < -0.4 is 0 Å². The van der Waals surface area contributed by atoms with Crippen LogP contribution in [0.4, 0.5) is 0 Å². The van der Waals surface area contributed by atoms with Gasteiger partial charge in [-0.3, -0.25) is 0 Å². The van der Waals surface area contributed by atoms with E-state index in [1.165, 1.54) is 41.5 Å². The van der Waals surface area contributed by atoms with Crippen LogP contribution in [0.1, 0.15) is 54.5 Å². The SMILES string of the molecule is CCc1ccc(CCc2ccc3c(c2)C=C(C2CC(C)C2)C3)cc1. The van der Waals surface area contributed by atoms with E-state index in [-0.39, 0.29) is 0 Å². The maximum absolute atomic E-state index is 2.49. The van der Waals surface area contributed by atoms with E-state index in [0.717, 1.165) is 31.1 Å². The molecule has 2 aliphatic carbocycles. The van der Waals surface area contributed by atoms with E-state index < -0.39 is 0 Å². The Balaban J connectivity index is 1.41. The van der Waals surface area contributed by atoms with E-state index in [1.807, 2.05) is 0 Å². The van der Waals surface area contributed by atoms with Crippen molar-refractivity contribution < 1.29 is 0 Å². The fraction of sp³-hybridized carbons (Fsp3) is 0.417. The normalized spacial score (nSPS) is 22.0. The van der Waals surface area contributed by atoms with Gasteiger partial charge in [-0.05, 0) is 78.2 Å². The summed E-state index contributed by atoms with van der Waals surface area (Å²) in [4.78, 5) is 0. The molecule has 124 valence electrons. The van der Waals surface area contributed by atoms with Gasteiger partial charge in [-0.1, -0.05) is 68.0 Å². The summed E-state index contributed by atoms with van der Waals surface area (Å²) in [5, 5.41) is 0. The number of fused-ring (bicyclic) bond motifs is 1. The minimum absolute atomic E-state index is 0.868. The predicted molar refractivity (Wildman–Crippen MR) is 103 cm³/mol. The molecule has 0 amide bonds. The highest BCUT2D eigenvalue weighted by molar-refractivity contribution is 5.65. The van der Waals surface area contributed by atoms with Gasteiger partial charge in [-0.15, -0.1) is 0 Å². The Morgan fingerprint density at radius 2 is 1.54 bits per heavy atom. The maximum Gasteiger partial charge on any atom is -0.00550 e. The molecular formula is C24H28. The highest BCUT2D eigenvalue weighted by Crippen LogP contribution is 2.43. The molecule has 0 bridgehead atoms. The van der Waals surface area contributed by atoms with Crippen molar-refractivity contribution in [1.82, 2.24) is 0 Å². The zero-order valence-electron chi connectivity index (χ0n) is 15.0. The molecule has 0 aliphatic heterocycles. The molecule has 0 saturated heterocycles. The molecule has 4 rings (SSSR count). The molecule has 1 saturated carbocycles. The summed E-state index contributed by atoms with van der Waals surface area (Å²) >= 11 is 0. The number of allylic oxidation sites excluding steroid dienone is 1. The van der Waals surface area contributed by atoms with E-state index in [2.05, 4.69) is 62.4 Å². The quantitative estimate of drug-likeness (QED) is 0.632. The van der Waals surface area contributed by atoms with Gasteiger partial charge in [0.05, 0.1) is 0 Å². The third-order valence-electron chi connectivity index (χ3n) is 5.98. The molecule has 0 N–H and O–H groups in total. The number of rotatable bonds is 5. The molecular weight excluding hydrogens is 288 g/mol. The Labute approximate surface area is 146 Å². The average Bonchev–Trinajstić information content (AvgIpc) is 3.00. The van der Waals surface area contributed by atoms with E-state index >= 15 is 0 Å². The van der Waals surface area contributed by atoms with Crippen LogP contribution in [0, 0.1) is 11.8 Å². The first-order valence-corrected chi connectivity index (χ1v) is 9.61. The molecule has 0 spiro atoms. The van der Waals surface area contributed by atoms with Crippen molar-refractivity contribution in [1.29, 1.82) is 0 Å². The molecule has 0 radical (unpaired) electrons. The highest BCUT2D eigenvalue weighted by Gasteiger charge is 2.30. The summed E-state index contributed by atoms with van der Waals surface area (Å²) in [6.45, 7) is 4.59. The molecule has 0 heteroatoms. The number of aryl methyl sites for hydroxylation is 3. The smallest absolute Gasteiger partial charge is 0.00550 e. The number of hydrogen-bond donors (Lipinski definition) is 0. The first-order chi connectivity index (χ1) is 11.7. The minimum atomic E-state index is 0.868. The third kappa shape index (κ3) is 3.20. The summed E-state index contributed by atoms with van der Waals surface area (Å²) in [6, 6.07) is 16.3. The second-order valence-corrected chi connectivity index (χ2v) is 7.87. The minimum Gasteiger partial charge on any atom is -0.0625 e. The average molecular weight is 316 g/mol. The first kappa shape index (κ1) is 15.7. The lowest BCUT2D eigenvalue weighted by Gasteiger charge is -2.33. The van der Waals surface area contributed by atoms with Crippen molar-refractivity contribution in [3.05, 3.63) is 75.9 Å². The van der Waals surface area contributed by atoms with Gasteiger partial charge in [-0.25, -0.2) is 0 Å². The van der Waals surface area contributed by atoms with Crippen LogP contribution in [-0.4, -0.2) is 0 Å². The summed E-state index contributed by atoms with van der Waals surface area (Å²) in [6.07, 6.45) is 9.90. The zero-order valence-corrected chi connectivity index (χ0v) is 15.0. The van der Waals surface area contributed by atoms with Crippen LogP contribution in [0.5, 0.6) is 0 Å². The molecule has 0 unspecified atom stereocenters. The van der Waals surface area contributed by atoms with Crippen molar-refractivity contribution in [3.63, 3.8) is 0 Å². The Morgan fingerprint density at radius 1 is 0.875 bits per heavy atom. The molecule has 0 atom stereocenters. The highest BCUT2D eigenvalue weighted by atomic mass is 14.3. The molecule has 0 aromatic heterocycles. The fourth-order valence-corrected chi connectivity index (χ4v) is 4.26. The summed E-state index contributed by atoms with van der Waals surface area (Å²) in [5.74, 6) is 1.81. The predicted octanol–water partition coefficient (Wildman–Crippen LogP) is 6.02. The Morgan fingerprint density at radius 3 is 2.25 bits per heavy atom. The Kier molecular flexibility index (Phi) is 4.31. The monoisotopic (exact) mass is 316 g/mol. The van der Waals surface area contributed by atoms with Gasteiger partial charge in [0.15, 0.2) is 0 Å². The van der Waals surface area contributed by atoms with Gasteiger partial charge < -0.3 is 0 Å². The topological polar surface area (TPSA) is 0 Å². The molecule has 24 heavy (non-hydrogen) atoms. The van der Waals surface area contributed by atoms with Gasteiger partial charge in [0.1, 0.15) is 0 Å². The van der Waals surface area contributed by atoms with Crippen LogP contribution >= 0.6 is 0 Å². The molecule has 1 fully saturated rings. The zero-order chi connectivity index (χ0) is 16.5. The largest absolute Gasteiger partial charge is 0.0625 e. The van der Waals surface area contributed by atoms with Gasteiger partial charge in [0, 0.05) is 0 Å². The molecule has 0 nitrogen and oxygen atoms in total. The second kappa shape index (κ2) is 6.59. The molecule has 2 aliphatic rings. The fourth-order valence-electron chi connectivity index (χ4n) is 4.26. The Hall–Kier alpha value is -1.82. The second-order valence-electron chi connectivity index (χ2n) is 7.87. The van der Waals surface area contributed by atoms with Gasteiger partial charge in [0.25, 0.3) is 0 Å². The van der Waals surface area contributed by atoms with Crippen molar-refractivity contribution in [2.75, 3.05) is 0 Å². The lowest BCUT2D eigenvalue weighted by atomic mass is 9.72. The van der Waals surface area contributed by atoms with Gasteiger partial charge in [0.2, 0.25) is 0 Å². The van der Waals surface area contributed by atoms with E-state index in [4.69, 9.17) is 0 Å². The van der Waals surface area contributed by atoms with Crippen LogP contribution in [0.25, 0.3) is 6.08 Å². The molecule has 2 aromatic carbocycles. The van der Waals surface area contributed by atoms with Crippen LogP contribution in [0.15, 0.2) is 48.0 Å². The standard InChI is InChI=1S/C24H28/c1-3-18-4-6-19(7-5-18)8-9-20-10-11-21-15-24(16-23(21)14-20)22-12-17(2)13-22/h4-7,10-11,14,16-17,22H,3,8-9,12-13,15H2,1-2H3. The Bertz CT molecular complexity index is 742.